The van der Waals surface area contributed by atoms with Gasteiger partial charge in [-0.3, -0.25) is 5.43 Å². The van der Waals surface area contributed by atoms with Crippen molar-refractivity contribution in [2.75, 3.05) is 5.43 Å². The van der Waals surface area contributed by atoms with Gasteiger partial charge in [-0.1, -0.05) is 70.0 Å². The first kappa shape index (κ1) is 18.5. The number of hydrogen-bond donors (Lipinski definition) is 1. The van der Waals surface area contributed by atoms with E-state index in [1.165, 1.54) is 0 Å². The maximum absolute atomic E-state index is 6.17. The van der Waals surface area contributed by atoms with Crippen LogP contribution in [0.3, 0.4) is 0 Å². The molecule has 0 saturated carbocycles. The van der Waals surface area contributed by atoms with Crippen molar-refractivity contribution in [2.24, 2.45) is 5.10 Å². The van der Waals surface area contributed by atoms with Crippen LogP contribution in [-0.4, -0.2) is 16.0 Å². The Morgan fingerprint density at radius 2 is 1.64 bits per heavy atom. The molecule has 3 aromatic carbocycles. The Hall–Kier alpha value is -2.89. The summed E-state index contributed by atoms with van der Waals surface area (Å²) in [5, 5.41) is 9.76. The van der Waals surface area contributed by atoms with Crippen molar-refractivity contribution in [3.05, 3.63) is 100 Å². The van der Waals surface area contributed by atoms with Gasteiger partial charge in [0.2, 0.25) is 0 Å². The van der Waals surface area contributed by atoms with Crippen LogP contribution in [0.25, 0.3) is 16.9 Å². The Kier molecular flexibility index (Phi) is 5.55. The summed E-state index contributed by atoms with van der Waals surface area (Å²) in [6, 6.07) is 25.5. The lowest BCUT2D eigenvalue weighted by Crippen LogP contribution is -1.93. The summed E-state index contributed by atoms with van der Waals surface area (Å²) in [7, 11) is 0. The molecule has 0 radical (unpaired) electrons. The first-order chi connectivity index (χ1) is 13.7. The van der Waals surface area contributed by atoms with E-state index in [1.807, 2.05) is 89.7 Å². The molecule has 0 aliphatic heterocycles. The lowest BCUT2D eigenvalue weighted by atomic mass is 10.1. The zero-order valence-corrected chi connectivity index (χ0v) is 17.1. The van der Waals surface area contributed by atoms with Gasteiger partial charge < -0.3 is 0 Å². The molecule has 0 atom stereocenters. The zero-order valence-electron chi connectivity index (χ0n) is 14.8. The molecule has 0 spiro atoms. The monoisotopic (exact) mass is 450 g/mol. The van der Waals surface area contributed by atoms with E-state index in [0.29, 0.717) is 5.02 Å². The summed E-state index contributed by atoms with van der Waals surface area (Å²) in [6.45, 7) is 0. The Balaban J connectivity index is 1.70. The zero-order chi connectivity index (χ0) is 19.3. The van der Waals surface area contributed by atoms with Crippen molar-refractivity contribution < 1.29 is 0 Å². The average Bonchev–Trinajstić information content (AvgIpc) is 3.15. The predicted octanol–water partition coefficient (Wildman–Crippen LogP) is 6.40. The van der Waals surface area contributed by atoms with Gasteiger partial charge in [0.15, 0.2) is 0 Å². The summed E-state index contributed by atoms with van der Waals surface area (Å²) in [6.07, 6.45) is 3.72. The topological polar surface area (TPSA) is 42.2 Å². The summed E-state index contributed by atoms with van der Waals surface area (Å²) in [5.41, 5.74) is 7.48. The molecule has 0 bridgehead atoms. The molecular weight excluding hydrogens is 436 g/mol. The van der Waals surface area contributed by atoms with Gasteiger partial charge in [-0.2, -0.15) is 10.2 Å². The number of hydrogen-bond acceptors (Lipinski definition) is 3. The van der Waals surface area contributed by atoms with Crippen molar-refractivity contribution in [2.45, 2.75) is 0 Å². The van der Waals surface area contributed by atoms with Gasteiger partial charge in [0.1, 0.15) is 5.69 Å². The molecule has 1 N–H and O–H groups in total. The molecule has 4 aromatic rings. The minimum atomic E-state index is 0.618. The van der Waals surface area contributed by atoms with Gasteiger partial charge in [0.05, 0.1) is 22.6 Å². The second-order valence-corrected chi connectivity index (χ2v) is 7.39. The number of para-hydroxylation sites is 2. The number of nitrogens with zero attached hydrogens (tertiary/aromatic N) is 3. The van der Waals surface area contributed by atoms with E-state index in [4.69, 9.17) is 16.7 Å². The van der Waals surface area contributed by atoms with Gasteiger partial charge in [-0.15, -0.1) is 0 Å². The van der Waals surface area contributed by atoms with Crippen molar-refractivity contribution in [1.82, 2.24) is 9.78 Å². The molecule has 0 aliphatic rings. The fourth-order valence-electron chi connectivity index (χ4n) is 2.75. The third kappa shape index (κ3) is 4.16. The van der Waals surface area contributed by atoms with Gasteiger partial charge in [0.25, 0.3) is 0 Å². The van der Waals surface area contributed by atoms with E-state index in [1.54, 1.807) is 6.21 Å². The molecule has 0 amide bonds. The van der Waals surface area contributed by atoms with Crippen molar-refractivity contribution >= 4 is 39.4 Å². The van der Waals surface area contributed by atoms with Crippen LogP contribution in [0.1, 0.15) is 5.56 Å². The summed E-state index contributed by atoms with van der Waals surface area (Å²) in [5.74, 6) is 0. The fraction of sp³-hybridized carbons (Fsp3) is 0. The number of rotatable bonds is 5. The summed E-state index contributed by atoms with van der Waals surface area (Å²) < 4.78 is 2.88. The predicted molar refractivity (Wildman–Crippen MR) is 119 cm³/mol. The molecule has 28 heavy (non-hydrogen) atoms. The molecule has 4 rings (SSSR count). The minimum absolute atomic E-state index is 0.618. The number of hydrazone groups is 1. The standard InChI is InChI=1S/C22H16BrClN4/c23-18-12-10-16(11-13-18)22-17(14-25-26-21-9-5-4-8-20(21)24)15-28(27-22)19-6-2-1-3-7-19/h1-15,26H/b25-14+. The van der Waals surface area contributed by atoms with Crippen LogP contribution in [0.2, 0.25) is 5.02 Å². The fourth-order valence-corrected chi connectivity index (χ4v) is 3.19. The Bertz CT molecular complexity index is 1110. The van der Waals surface area contributed by atoms with E-state index in [2.05, 4.69) is 26.5 Å². The van der Waals surface area contributed by atoms with Crippen LogP contribution >= 0.6 is 27.5 Å². The number of halogens is 2. The van der Waals surface area contributed by atoms with Gasteiger partial charge in [0, 0.05) is 21.8 Å². The average molecular weight is 452 g/mol. The summed E-state index contributed by atoms with van der Waals surface area (Å²) in [4.78, 5) is 0. The first-order valence-corrected chi connectivity index (χ1v) is 9.82. The van der Waals surface area contributed by atoms with E-state index in [-0.39, 0.29) is 0 Å². The molecule has 0 unspecified atom stereocenters. The van der Waals surface area contributed by atoms with E-state index in [9.17, 15) is 0 Å². The lowest BCUT2D eigenvalue weighted by Gasteiger charge is -2.02. The smallest absolute Gasteiger partial charge is 0.102 e. The quantitative estimate of drug-likeness (QED) is 0.282. The highest BCUT2D eigenvalue weighted by atomic mass is 79.9. The third-order valence-electron chi connectivity index (χ3n) is 4.14. The Morgan fingerprint density at radius 3 is 2.39 bits per heavy atom. The molecular formula is C22H16BrClN4. The third-order valence-corrected chi connectivity index (χ3v) is 5.00. The molecule has 1 heterocycles. The molecule has 1 aromatic heterocycles. The number of nitrogens with one attached hydrogen (secondary N) is 1. The normalized spacial score (nSPS) is 11.1. The van der Waals surface area contributed by atoms with Crippen LogP contribution in [0.4, 0.5) is 5.69 Å². The summed E-state index contributed by atoms with van der Waals surface area (Å²) >= 11 is 9.65. The number of aromatic nitrogens is 2. The van der Waals surface area contributed by atoms with Crippen molar-refractivity contribution in [3.8, 4) is 16.9 Å². The molecule has 138 valence electrons. The molecule has 0 fully saturated rings. The maximum Gasteiger partial charge on any atom is 0.102 e. The molecule has 0 saturated heterocycles. The Morgan fingerprint density at radius 1 is 0.929 bits per heavy atom. The van der Waals surface area contributed by atoms with Gasteiger partial charge >= 0.3 is 0 Å². The van der Waals surface area contributed by atoms with Crippen LogP contribution in [0, 0.1) is 0 Å². The minimum Gasteiger partial charge on any atom is -0.277 e. The SMILES string of the molecule is Clc1ccccc1N/N=C/c1cn(-c2ccccc2)nc1-c1ccc(Br)cc1. The van der Waals surface area contributed by atoms with Crippen molar-refractivity contribution in [1.29, 1.82) is 0 Å². The molecule has 0 aliphatic carbocycles. The molecule has 6 heteroatoms. The van der Waals surface area contributed by atoms with Crippen LogP contribution in [0.5, 0.6) is 0 Å². The van der Waals surface area contributed by atoms with Gasteiger partial charge in [-0.05, 0) is 36.4 Å². The second-order valence-electron chi connectivity index (χ2n) is 6.07. The van der Waals surface area contributed by atoms with E-state index in [0.717, 1.165) is 32.7 Å². The Labute approximate surface area is 176 Å². The van der Waals surface area contributed by atoms with Crippen molar-refractivity contribution in [3.63, 3.8) is 0 Å². The van der Waals surface area contributed by atoms with Crippen LogP contribution < -0.4 is 5.43 Å². The largest absolute Gasteiger partial charge is 0.277 e. The number of anilines is 1. The highest BCUT2D eigenvalue weighted by Crippen LogP contribution is 2.25. The highest BCUT2D eigenvalue weighted by molar-refractivity contribution is 9.10. The maximum atomic E-state index is 6.17. The van der Waals surface area contributed by atoms with E-state index >= 15 is 0 Å². The van der Waals surface area contributed by atoms with E-state index < -0.39 is 0 Å². The first-order valence-electron chi connectivity index (χ1n) is 8.65. The number of benzene rings is 3. The second kappa shape index (κ2) is 8.42. The van der Waals surface area contributed by atoms with Crippen LogP contribution in [-0.2, 0) is 0 Å². The lowest BCUT2D eigenvalue weighted by molar-refractivity contribution is 0.884. The highest BCUT2D eigenvalue weighted by Gasteiger charge is 2.11. The van der Waals surface area contributed by atoms with Gasteiger partial charge in [-0.25, -0.2) is 4.68 Å². The van der Waals surface area contributed by atoms with Crippen LogP contribution in [0.15, 0.2) is 94.6 Å². The molecule has 4 nitrogen and oxygen atoms in total.